The second kappa shape index (κ2) is 7.25. The van der Waals surface area contributed by atoms with Crippen molar-refractivity contribution in [3.8, 4) is 0 Å². The van der Waals surface area contributed by atoms with Gasteiger partial charge in [0.1, 0.15) is 11.4 Å². The molecule has 1 aromatic rings. The third-order valence-corrected chi connectivity index (χ3v) is 3.95. The Kier molecular flexibility index (Phi) is 5.97. The van der Waals surface area contributed by atoms with Gasteiger partial charge in [0.25, 0.3) is 5.91 Å². The number of thiophene rings is 1. The molecule has 0 atom stereocenters. The molecule has 0 unspecified atom stereocenters. The number of rotatable bonds is 5. The minimum Gasteiger partial charge on any atom is -0.465 e. The first-order chi connectivity index (χ1) is 9.01. The Balaban J connectivity index is 2.78. The van der Waals surface area contributed by atoms with Crippen LogP contribution < -0.4 is 5.32 Å². The molecule has 8 heteroatoms. The van der Waals surface area contributed by atoms with Crippen molar-refractivity contribution in [2.75, 3.05) is 20.3 Å². The van der Waals surface area contributed by atoms with Gasteiger partial charge in [-0.25, -0.2) is 4.79 Å². The lowest BCUT2D eigenvalue weighted by molar-refractivity contribution is -0.141. The summed E-state index contributed by atoms with van der Waals surface area (Å²) in [4.78, 5) is 34.7. The van der Waals surface area contributed by atoms with Gasteiger partial charge in [0.2, 0.25) is 0 Å². The van der Waals surface area contributed by atoms with Crippen molar-refractivity contribution >= 4 is 45.1 Å². The van der Waals surface area contributed by atoms with E-state index in [1.54, 1.807) is 12.3 Å². The third kappa shape index (κ3) is 4.03. The predicted molar refractivity (Wildman–Crippen MR) is 72.3 cm³/mol. The number of carbonyl (C=O) groups is 3. The largest absolute Gasteiger partial charge is 0.465 e. The average Bonchev–Trinajstić information content (AvgIpc) is 2.77. The number of carbonyl (C=O) groups excluding carboxylic acids is 3. The summed E-state index contributed by atoms with van der Waals surface area (Å²) < 4.78 is 9.76. The van der Waals surface area contributed by atoms with Crippen molar-refractivity contribution in [3.05, 3.63) is 20.3 Å². The van der Waals surface area contributed by atoms with Crippen LogP contribution >= 0.6 is 27.3 Å². The summed E-state index contributed by atoms with van der Waals surface area (Å²) in [6, 6.07) is 0. The second-order valence-electron chi connectivity index (χ2n) is 3.27. The lowest BCUT2D eigenvalue weighted by Gasteiger charge is -2.05. The first kappa shape index (κ1) is 15.6. The molecule has 0 aromatic carbocycles. The van der Waals surface area contributed by atoms with Crippen LogP contribution in [0.2, 0.25) is 0 Å². The molecule has 19 heavy (non-hydrogen) atoms. The molecule has 0 aliphatic carbocycles. The smallest absolute Gasteiger partial charge is 0.340 e. The molecule has 1 rings (SSSR count). The molecule has 104 valence electrons. The number of amides is 1. The number of nitrogens with one attached hydrogen (secondary N) is 1. The number of halogens is 1. The molecule has 0 saturated carbocycles. The van der Waals surface area contributed by atoms with Gasteiger partial charge < -0.3 is 14.8 Å². The molecule has 1 N–H and O–H groups in total. The van der Waals surface area contributed by atoms with E-state index in [9.17, 15) is 14.4 Å². The van der Waals surface area contributed by atoms with Gasteiger partial charge in [-0.1, -0.05) is 0 Å². The van der Waals surface area contributed by atoms with E-state index in [1.807, 2.05) is 0 Å². The molecule has 0 bridgehead atoms. The van der Waals surface area contributed by atoms with Crippen molar-refractivity contribution in [2.24, 2.45) is 0 Å². The number of methoxy groups -OCH3 is 1. The fourth-order valence-electron chi connectivity index (χ4n) is 1.24. The molecule has 1 aromatic heterocycles. The van der Waals surface area contributed by atoms with Gasteiger partial charge in [-0.05, 0) is 22.9 Å². The summed E-state index contributed by atoms with van der Waals surface area (Å²) in [7, 11) is 1.23. The maximum Gasteiger partial charge on any atom is 0.340 e. The van der Waals surface area contributed by atoms with Crippen LogP contribution in [0.15, 0.2) is 9.85 Å². The van der Waals surface area contributed by atoms with Gasteiger partial charge in [-0.2, -0.15) is 0 Å². The molecule has 6 nitrogen and oxygen atoms in total. The highest BCUT2D eigenvalue weighted by molar-refractivity contribution is 9.10. The van der Waals surface area contributed by atoms with E-state index in [4.69, 9.17) is 0 Å². The summed E-state index contributed by atoms with van der Waals surface area (Å²) in [6.45, 7) is 1.67. The molecule has 1 heterocycles. The van der Waals surface area contributed by atoms with Crippen LogP contribution in [-0.4, -0.2) is 38.1 Å². The normalized spacial score (nSPS) is 9.84. The Morgan fingerprint density at radius 3 is 2.68 bits per heavy atom. The molecular weight excluding hydrogens is 338 g/mol. The lowest BCUT2D eigenvalue weighted by Crippen LogP contribution is -2.31. The van der Waals surface area contributed by atoms with Gasteiger partial charge >= 0.3 is 11.9 Å². The van der Waals surface area contributed by atoms with Crippen molar-refractivity contribution < 1.29 is 23.9 Å². The van der Waals surface area contributed by atoms with Crippen molar-refractivity contribution in [2.45, 2.75) is 6.92 Å². The molecule has 0 aliphatic heterocycles. The Morgan fingerprint density at radius 2 is 2.11 bits per heavy atom. The van der Waals surface area contributed by atoms with Gasteiger partial charge in [-0.15, -0.1) is 11.3 Å². The van der Waals surface area contributed by atoms with Crippen LogP contribution in [0.1, 0.15) is 27.0 Å². The summed E-state index contributed by atoms with van der Waals surface area (Å²) in [6.07, 6.45) is 0. The van der Waals surface area contributed by atoms with E-state index >= 15 is 0 Å². The fraction of sp³-hybridized carbons (Fsp3) is 0.364. The summed E-state index contributed by atoms with van der Waals surface area (Å²) >= 11 is 4.25. The fourth-order valence-corrected chi connectivity index (χ4v) is 2.84. The monoisotopic (exact) mass is 349 g/mol. The van der Waals surface area contributed by atoms with Crippen molar-refractivity contribution in [3.63, 3.8) is 0 Å². The highest BCUT2D eigenvalue weighted by Crippen LogP contribution is 2.28. The average molecular weight is 350 g/mol. The molecule has 0 saturated heterocycles. The zero-order chi connectivity index (χ0) is 14.4. The van der Waals surface area contributed by atoms with E-state index in [0.29, 0.717) is 4.47 Å². The summed E-state index contributed by atoms with van der Waals surface area (Å²) in [5, 5.41) is 3.99. The Morgan fingerprint density at radius 1 is 1.42 bits per heavy atom. The highest BCUT2D eigenvalue weighted by atomic mass is 79.9. The molecule has 0 radical (unpaired) electrons. The van der Waals surface area contributed by atoms with E-state index in [-0.39, 0.29) is 23.6 Å². The van der Waals surface area contributed by atoms with Crippen LogP contribution in [-0.2, 0) is 14.3 Å². The van der Waals surface area contributed by atoms with Crippen LogP contribution in [0.5, 0.6) is 0 Å². The molecule has 0 fully saturated rings. The van der Waals surface area contributed by atoms with Crippen LogP contribution in [0.4, 0.5) is 0 Å². The van der Waals surface area contributed by atoms with Gasteiger partial charge in [0.05, 0.1) is 19.3 Å². The molecule has 0 aliphatic rings. The van der Waals surface area contributed by atoms with Crippen LogP contribution in [0.3, 0.4) is 0 Å². The van der Waals surface area contributed by atoms with E-state index in [1.165, 1.54) is 7.11 Å². The maximum atomic E-state index is 11.9. The highest BCUT2D eigenvalue weighted by Gasteiger charge is 2.23. The predicted octanol–water partition coefficient (Wildman–Crippen LogP) is 1.59. The number of hydrogen-bond donors (Lipinski definition) is 1. The van der Waals surface area contributed by atoms with Crippen molar-refractivity contribution in [1.82, 2.24) is 5.32 Å². The Hall–Kier alpha value is -1.41. The van der Waals surface area contributed by atoms with Crippen LogP contribution in [0.25, 0.3) is 0 Å². The minimum absolute atomic E-state index is 0.147. The molecular formula is C11H12BrNO5S. The third-order valence-electron chi connectivity index (χ3n) is 2.04. The Labute approximate surface area is 122 Å². The summed E-state index contributed by atoms with van der Waals surface area (Å²) in [5.74, 6) is -1.68. The first-order valence-electron chi connectivity index (χ1n) is 5.30. The zero-order valence-electron chi connectivity index (χ0n) is 10.3. The number of hydrogen-bond acceptors (Lipinski definition) is 6. The molecule has 0 spiro atoms. The van der Waals surface area contributed by atoms with Gasteiger partial charge in [-0.3, -0.25) is 9.59 Å². The lowest BCUT2D eigenvalue weighted by atomic mass is 10.2. The second-order valence-corrected chi connectivity index (χ2v) is 5.00. The minimum atomic E-state index is -0.616. The Bertz CT molecular complexity index is 499. The maximum absolute atomic E-state index is 11.9. The van der Waals surface area contributed by atoms with Crippen LogP contribution in [0, 0.1) is 0 Å². The van der Waals surface area contributed by atoms with E-state index in [2.05, 4.69) is 30.7 Å². The quantitative estimate of drug-likeness (QED) is 0.816. The standard InChI is InChI=1S/C11H12BrNO5S/c1-3-18-7(14)4-13-10(15)9-8(11(16)17-2)6(12)5-19-9/h5H,3-4H2,1-2H3,(H,13,15). The molecule has 1 amide bonds. The zero-order valence-corrected chi connectivity index (χ0v) is 12.7. The van der Waals surface area contributed by atoms with Gasteiger partial charge in [0.15, 0.2) is 0 Å². The van der Waals surface area contributed by atoms with E-state index in [0.717, 1.165) is 11.3 Å². The number of ether oxygens (including phenoxy) is 2. The summed E-state index contributed by atoms with van der Waals surface area (Å²) in [5.41, 5.74) is 0.147. The van der Waals surface area contributed by atoms with Gasteiger partial charge in [0, 0.05) is 9.85 Å². The SMILES string of the molecule is CCOC(=O)CNC(=O)c1scc(Br)c1C(=O)OC. The first-order valence-corrected chi connectivity index (χ1v) is 6.97. The van der Waals surface area contributed by atoms with E-state index < -0.39 is 17.8 Å². The number of esters is 2. The topological polar surface area (TPSA) is 81.7 Å². The van der Waals surface area contributed by atoms with Crippen molar-refractivity contribution in [1.29, 1.82) is 0 Å².